The number of hydrogen-bond acceptors (Lipinski definition) is 4. The first-order valence-corrected chi connectivity index (χ1v) is 9.25. The molecule has 1 aromatic carbocycles. The van der Waals surface area contributed by atoms with Crippen molar-refractivity contribution in [3.63, 3.8) is 0 Å². The van der Waals surface area contributed by atoms with E-state index >= 15 is 0 Å². The molecule has 4 nitrogen and oxygen atoms in total. The summed E-state index contributed by atoms with van der Waals surface area (Å²) in [5, 5.41) is 3.06. The topological polar surface area (TPSA) is 35.6 Å². The van der Waals surface area contributed by atoms with Gasteiger partial charge >= 0.3 is 0 Å². The fourth-order valence-corrected chi connectivity index (χ4v) is 3.14. The predicted molar refractivity (Wildman–Crippen MR) is 93.7 cm³/mol. The maximum Gasteiger partial charge on any atom is 0.251 e. The standard InChI is InChI=1S/C17H27N3OS/c1-4-19-9-11-20(12-10-19)14(2)13-18-17(21)15-5-7-16(22-3)8-6-15/h5-8,14H,4,9-13H2,1-3H3,(H,18,21). The van der Waals surface area contributed by atoms with E-state index in [1.54, 1.807) is 11.8 Å². The normalized spacial score (nSPS) is 18.1. The molecule has 1 atom stereocenters. The van der Waals surface area contributed by atoms with Gasteiger partial charge in [0.15, 0.2) is 0 Å². The van der Waals surface area contributed by atoms with E-state index in [1.807, 2.05) is 30.5 Å². The quantitative estimate of drug-likeness (QED) is 0.815. The molecule has 2 rings (SSSR count). The second kappa shape index (κ2) is 8.56. The zero-order valence-electron chi connectivity index (χ0n) is 13.8. The molecule has 1 saturated heterocycles. The number of carbonyl (C=O) groups is 1. The van der Waals surface area contributed by atoms with Crippen LogP contribution in [0, 0.1) is 0 Å². The van der Waals surface area contributed by atoms with Crippen molar-refractivity contribution in [3.05, 3.63) is 29.8 Å². The highest BCUT2D eigenvalue weighted by atomic mass is 32.2. The van der Waals surface area contributed by atoms with Crippen LogP contribution in [-0.4, -0.2) is 67.3 Å². The van der Waals surface area contributed by atoms with Gasteiger partial charge in [0.05, 0.1) is 0 Å². The van der Waals surface area contributed by atoms with E-state index < -0.39 is 0 Å². The number of amides is 1. The van der Waals surface area contributed by atoms with Gasteiger partial charge in [0.25, 0.3) is 5.91 Å². The van der Waals surface area contributed by atoms with Crippen LogP contribution in [0.1, 0.15) is 24.2 Å². The first kappa shape index (κ1) is 17.3. The minimum Gasteiger partial charge on any atom is -0.350 e. The molecule has 1 aliphatic rings. The van der Waals surface area contributed by atoms with Gasteiger partial charge in [0.2, 0.25) is 0 Å². The second-order valence-electron chi connectivity index (χ2n) is 5.76. The lowest BCUT2D eigenvalue weighted by atomic mass is 10.2. The summed E-state index contributed by atoms with van der Waals surface area (Å²) in [6, 6.07) is 8.16. The summed E-state index contributed by atoms with van der Waals surface area (Å²) >= 11 is 1.69. The van der Waals surface area contributed by atoms with Gasteiger partial charge in [-0.15, -0.1) is 11.8 Å². The maximum absolute atomic E-state index is 12.2. The Hall–Kier alpha value is -1.04. The number of carbonyl (C=O) groups excluding carboxylic acids is 1. The van der Waals surface area contributed by atoms with E-state index in [0.29, 0.717) is 12.6 Å². The molecule has 122 valence electrons. The average Bonchev–Trinajstić information content (AvgIpc) is 2.59. The lowest BCUT2D eigenvalue weighted by Gasteiger charge is -2.37. The van der Waals surface area contributed by atoms with Gasteiger partial charge in [0.1, 0.15) is 0 Å². The number of rotatable bonds is 6. The molecule has 0 saturated carbocycles. The van der Waals surface area contributed by atoms with E-state index in [-0.39, 0.29) is 5.91 Å². The Kier molecular flexibility index (Phi) is 6.73. The highest BCUT2D eigenvalue weighted by molar-refractivity contribution is 7.98. The van der Waals surface area contributed by atoms with Crippen molar-refractivity contribution in [3.8, 4) is 0 Å². The third-order valence-corrected chi connectivity index (χ3v) is 5.13. The average molecular weight is 321 g/mol. The lowest BCUT2D eigenvalue weighted by molar-refractivity contribution is 0.0883. The Morgan fingerprint density at radius 1 is 1.23 bits per heavy atom. The summed E-state index contributed by atoms with van der Waals surface area (Å²) in [6.45, 7) is 10.7. The van der Waals surface area contributed by atoms with E-state index in [9.17, 15) is 4.79 Å². The largest absolute Gasteiger partial charge is 0.350 e. The molecule has 1 N–H and O–H groups in total. The first-order valence-electron chi connectivity index (χ1n) is 8.02. The Labute approximate surface area is 138 Å². The van der Waals surface area contributed by atoms with E-state index in [0.717, 1.165) is 38.3 Å². The first-order chi connectivity index (χ1) is 10.6. The van der Waals surface area contributed by atoms with Crippen LogP contribution in [0.5, 0.6) is 0 Å². The molecule has 0 spiro atoms. The van der Waals surface area contributed by atoms with Crippen LogP contribution in [0.3, 0.4) is 0 Å². The molecule has 0 aliphatic carbocycles. The van der Waals surface area contributed by atoms with Crippen LogP contribution in [0.25, 0.3) is 0 Å². The molecular formula is C17H27N3OS. The molecule has 5 heteroatoms. The highest BCUT2D eigenvalue weighted by Crippen LogP contribution is 2.14. The summed E-state index contributed by atoms with van der Waals surface area (Å²) in [5.41, 5.74) is 0.737. The number of benzene rings is 1. The Morgan fingerprint density at radius 2 is 1.86 bits per heavy atom. The number of thioether (sulfide) groups is 1. The highest BCUT2D eigenvalue weighted by Gasteiger charge is 2.20. The Bertz CT molecular complexity index is 469. The monoisotopic (exact) mass is 321 g/mol. The molecule has 1 heterocycles. The third-order valence-electron chi connectivity index (χ3n) is 4.39. The van der Waals surface area contributed by atoms with Gasteiger partial charge in [-0.3, -0.25) is 9.69 Å². The predicted octanol–water partition coefficient (Wildman–Crippen LogP) is 2.16. The molecule has 0 bridgehead atoms. The summed E-state index contributed by atoms with van der Waals surface area (Å²) in [4.78, 5) is 18.3. The van der Waals surface area contributed by atoms with Crippen molar-refractivity contribution in [2.45, 2.75) is 24.8 Å². The van der Waals surface area contributed by atoms with Crippen LogP contribution in [0.15, 0.2) is 29.2 Å². The van der Waals surface area contributed by atoms with Gasteiger partial charge < -0.3 is 10.2 Å². The Morgan fingerprint density at radius 3 is 2.41 bits per heavy atom. The smallest absolute Gasteiger partial charge is 0.251 e. The number of nitrogens with zero attached hydrogens (tertiary/aromatic N) is 2. The minimum atomic E-state index is 0.0201. The van der Waals surface area contributed by atoms with Crippen LogP contribution in [0.2, 0.25) is 0 Å². The minimum absolute atomic E-state index is 0.0201. The summed E-state index contributed by atoms with van der Waals surface area (Å²) in [6.07, 6.45) is 2.04. The fraction of sp³-hybridized carbons (Fsp3) is 0.588. The van der Waals surface area contributed by atoms with Crippen molar-refractivity contribution in [1.29, 1.82) is 0 Å². The van der Waals surface area contributed by atoms with Crippen molar-refractivity contribution in [2.24, 2.45) is 0 Å². The molecule has 0 aromatic heterocycles. The molecule has 1 aliphatic heterocycles. The van der Waals surface area contributed by atoms with Gasteiger partial charge in [-0.25, -0.2) is 0 Å². The van der Waals surface area contributed by atoms with Crippen LogP contribution >= 0.6 is 11.8 Å². The van der Waals surface area contributed by atoms with Crippen molar-refractivity contribution in [1.82, 2.24) is 15.1 Å². The summed E-state index contributed by atoms with van der Waals surface area (Å²) < 4.78 is 0. The number of nitrogens with one attached hydrogen (secondary N) is 1. The van der Waals surface area contributed by atoms with Crippen molar-refractivity contribution < 1.29 is 4.79 Å². The maximum atomic E-state index is 12.2. The van der Waals surface area contributed by atoms with Gasteiger partial charge in [-0.1, -0.05) is 6.92 Å². The Balaban J connectivity index is 1.77. The van der Waals surface area contributed by atoms with Gasteiger partial charge in [-0.2, -0.15) is 0 Å². The van der Waals surface area contributed by atoms with Crippen LogP contribution in [0.4, 0.5) is 0 Å². The summed E-state index contributed by atoms with van der Waals surface area (Å²) in [5.74, 6) is 0.0201. The zero-order chi connectivity index (χ0) is 15.9. The van der Waals surface area contributed by atoms with Crippen molar-refractivity contribution >= 4 is 17.7 Å². The van der Waals surface area contributed by atoms with Crippen molar-refractivity contribution in [2.75, 3.05) is 45.5 Å². The molecule has 1 amide bonds. The van der Waals surface area contributed by atoms with E-state index in [1.165, 1.54) is 4.90 Å². The third kappa shape index (κ3) is 4.73. The van der Waals surface area contributed by atoms with E-state index in [4.69, 9.17) is 0 Å². The fourth-order valence-electron chi connectivity index (χ4n) is 2.73. The SMILES string of the molecule is CCN1CCN(C(C)CNC(=O)c2ccc(SC)cc2)CC1. The number of piperazine rings is 1. The van der Waals surface area contributed by atoms with E-state index in [2.05, 4.69) is 29.0 Å². The molecular weight excluding hydrogens is 294 g/mol. The number of hydrogen-bond donors (Lipinski definition) is 1. The molecule has 1 fully saturated rings. The zero-order valence-corrected chi connectivity index (χ0v) is 14.7. The van der Waals surface area contributed by atoms with Gasteiger partial charge in [0, 0.05) is 49.2 Å². The summed E-state index contributed by atoms with van der Waals surface area (Å²) in [7, 11) is 0. The molecule has 0 radical (unpaired) electrons. The number of likely N-dealkylation sites (N-methyl/N-ethyl adjacent to an activating group) is 1. The molecule has 22 heavy (non-hydrogen) atoms. The molecule has 1 aromatic rings. The van der Waals surface area contributed by atoms with Crippen LogP contribution in [-0.2, 0) is 0 Å². The molecule has 1 unspecified atom stereocenters. The van der Waals surface area contributed by atoms with Crippen LogP contribution < -0.4 is 5.32 Å². The lowest BCUT2D eigenvalue weighted by Crippen LogP contribution is -2.52. The van der Waals surface area contributed by atoms with Gasteiger partial charge in [-0.05, 0) is 44.0 Å². The second-order valence-corrected chi connectivity index (χ2v) is 6.64.